The smallest absolute Gasteiger partial charge is 0.252 e. The van der Waals surface area contributed by atoms with Crippen molar-refractivity contribution >= 4 is 22.7 Å². The molecule has 1 aromatic carbocycles. The Morgan fingerprint density at radius 1 is 1.35 bits per heavy atom. The number of nitrogens with zero attached hydrogens (tertiary/aromatic N) is 4. The number of rotatable bonds is 3. The van der Waals surface area contributed by atoms with Crippen LogP contribution in [-0.4, -0.2) is 47.0 Å². The van der Waals surface area contributed by atoms with Crippen molar-refractivity contribution in [2.75, 3.05) is 13.1 Å². The normalized spacial score (nSPS) is 19.0. The number of pyridine rings is 1. The van der Waals surface area contributed by atoms with Crippen LogP contribution in [-0.2, 0) is 4.79 Å². The number of benzene rings is 1. The molecule has 1 unspecified atom stereocenters. The molecule has 3 rings (SSSR count). The molecule has 0 bridgehead atoms. The van der Waals surface area contributed by atoms with E-state index >= 15 is 0 Å². The fourth-order valence-corrected chi connectivity index (χ4v) is 3.00. The molecule has 1 saturated heterocycles. The van der Waals surface area contributed by atoms with Crippen LogP contribution in [0.4, 0.5) is 4.39 Å². The second-order valence-corrected chi connectivity index (χ2v) is 5.88. The summed E-state index contributed by atoms with van der Waals surface area (Å²) < 4.78 is 13.4. The Hall–Kier alpha value is -3.52. The van der Waals surface area contributed by atoms with Gasteiger partial charge in [-0.1, -0.05) is 12.1 Å². The summed E-state index contributed by atoms with van der Waals surface area (Å²) in [6, 6.07) is 9.51. The lowest BCUT2D eigenvalue weighted by Crippen LogP contribution is -2.42. The van der Waals surface area contributed by atoms with Gasteiger partial charge in [-0.2, -0.15) is 10.5 Å². The average molecular weight is 351 g/mol. The van der Waals surface area contributed by atoms with Crippen molar-refractivity contribution in [3.05, 3.63) is 41.6 Å². The number of hydrogen-bond acceptors (Lipinski definition) is 5. The molecule has 1 fully saturated rings. The van der Waals surface area contributed by atoms with Crippen LogP contribution in [0.2, 0.25) is 0 Å². The number of alkyl halides is 1. The summed E-state index contributed by atoms with van der Waals surface area (Å²) in [6.07, 6.45) is 0.176. The maximum Gasteiger partial charge on any atom is 0.252 e. The Kier molecular flexibility index (Phi) is 4.76. The summed E-state index contributed by atoms with van der Waals surface area (Å²) >= 11 is 0. The summed E-state index contributed by atoms with van der Waals surface area (Å²) in [5.74, 6) is -1.02. The lowest BCUT2D eigenvalue weighted by molar-refractivity contribution is -0.130. The van der Waals surface area contributed by atoms with E-state index in [1.165, 1.54) is 12.3 Å². The van der Waals surface area contributed by atoms with Crippen LogP contribution in [0.25, 0.3) is 10.9 Å². The molecule has 0 spiro atoms. The fraction of sp³-hybridized carbons (Fsp3) is 0.278. The molecule has 2 aromatic rings. The van der Waals surface area contributed by atoms with E-state index in [0.717, 1.165) is 4.90 Å². The topological polar surface area (TPSA) is 110 Å². The molecule has 0 saturated carbocycles. The minimum atomic E-state index is -1.23. The van der Waals surface area contributed by atoms with Gasteiger partial charge >= 0.3 is 0 Å². The van der Waals surface area contributed by atoms with Gasteiger partial charge in [0.1, 0.15) is 18.3 Å². The van der Waals surface area contributed by atoms with Gasteiger partial charge in [-0.3, -0.25) is 14.6 Å². The Bertz CT molecular complexity index is 962. The van der Waals surface area contributed by atoms with Crippen LogP contribution >= 0.6 is 0 Å². The largest absolute Gasteiger partial charge is 0.343 e. The van der Waals surface area contributed by atoms with Gasteiger partial charge in [0, 0.05) is 18.0 Å². The SMILES string of the molecule is N#Cc1cccc2c(C(=O)NCC(=O)N3CC(F)C[C@H]3C#N)ccnc12. The second-order valence-electron chi connectivity index (χ2n) is 5.88. The molecule has 8 heteroatoms. The molecule has 1 N–H and O–H groups in total. The van der Waals surface area contributed by atoms with Crippen molar-refractivity contribution in [2.24, 2.45) is 0 Å². The third kappa shape index (κ3) is 3.17. The zero-order valence-electron chi connectivity index (χ0n) is 13.6. The van der Waals surface area contributed by atoms with E-state index in [0.29, 0.717) is 16.5 Å². The number of nitrogens with one attached hydrogen (secondary N) is 1. The van der Waals surface area contributed by atoms with Crippen LogP contribution in [0, 0.1) is 22.7 Å². The number of fused-ring (bicyclic) bond motifs is 1. The second kappa shape index (κ2) is 7.16. The standard InChI is InChI=1S/C18H14FN5O2/c19-12-6-13(8-21)24(10-12)16(25)9-23-18(26)15-4-5-22-17-11(7-20)2-1-3-14(15)17/h1-5,12-13H,6,9-10H2,(H,23,26)/t12?,13-/m0/s1. The number of amides is 2. The quantitative estimate of drug-likeness (QED) is 0.896. The molecule has 7 nitrogen and oxygen atoms in total. The first-order chi connectivity index (χ1) is 12.5. The third-order valence-corrected chi connectivity index (χ3v) is 4.26. The highest BCUT2D eigenvalue weighted by Crippen LogP contribution is 2.21. The lowest BCUT2D eigenvalue weighted by Gasteiger charge is -2.19. The lowest BCUT2D eigenvalue weighted by atomic mass is 10.1. The highest BCUT2D eigenvalue weighted by molar-refractivity contribution is 6.07. The predicted molar refractivity (Wildman–Crippen MR) is 89.4 cm³/mol. The molecule has 26 heavy (non-hydrogen) atoms. The van der Waals surface area contributed by atoms with Gasteiger partial charge in [-0.05, 0) is 12.1 Å². The molecule has 0 radical (unpaired) electrons. The highest BCUT2D eigenvalue weighted by Gasteiger charge is 2.35. The minimum Gasteiger partial charge on any atom is -0.343 e. The van der Waals surface area contributed by atoms with Crippen LogP contribution in [0.15, 0.2) is 30.5 Å². The Morgan fingerprint density at radius 3 is 2.88 bits per heavy atom. The molecule has 1 aromatic heterocycles. The number of likely N-dealkylation sites (tertiary alicyclic amines) is 1. The molecule has 1 aliphatic rings. The number of carbonyl (C=O) groups is 2. The summed E-state index contributed by atoms with van der Waals surface area (Å²) in [6.45, 7) is -0.484. The van der Waals surface area contributed by atoms with E-state index in [2.05, 4.69) is 10.3 Å². The molecular weight excluding hydrogens is 337 g/mol. The maximum absolute atomic E-state index is 13.4. The van der Waals surface area contributed by atoms with Gasteiger partial charge in [0.25, 0.3) is 5.91 Å². The van der Waals surface area contributed by atoms with Crippen molar-refractivity contribution in [1.82, 2.24) is 15.2 Å². The zero-order chi connectivity index (χ0) is 18.7. The molecule has 1 aliphatic heterocycles. The van der Waals surface area contributed by atoms with E-state index in [4.69, 9.17) is 10.5 Å². The van der Waals surface area contributed by atoms with Gasteiger partial charge in [-0.25, -0.2) is 4.39 Å². The van der Waals surface area contributed by atoms with E-state index in [9.17, 15) is 14.0 Å². The fourth-order valence-electron chi connectivity index (χ4n) is 3.00. The van der Waals surface area contributed by atoms with Gasteiger partial charge in [0.05, 0.1) is 35.8 Å². The number of para-hydroxylation sites is 1. The summed E-state index contributed by atoms with van der Waals surface area (Å²) in [5, 5.41) is 21.1. The van der Waals surface area contributed by atoms with Crippen LogP contribution < -0.4 is 5.32 Å². The molecule has 2 atom stereocenters. The Balaban J connectivity index is 1.75. The summed E-state index contributed by atoms with van der Waals surface area (Å²) in [5.41, 5.74) is 1.02. The average Bonchev–Trinajstić information content (AvgIpc) is 3.05. The van der Waals surface area contributed by atoms with Crippen molar-refractivity contribution < 1.29 is 14.0 Å². The van der Waals surface area contributed by atoms with Crippen LogP contribution in [0.5, 0.6) is 0 Å². The third-order valence-electron chi connectivity index (χ3n) is 4.26. The van der Waals surface area contributed by atoms with Crippen molar-refractivity contribution in [3.8, 4) is 12.1 Å². The summed E-state index contributed by atoms with van der Waals surface area (Å²) in [4.78, 5) is 29.9. The first-order valence-corrected chi connectivity index (χ1v) is 7.94. The maximum atomic E-state index is 13.4. The monoisotopic (exact) mass is 351 g/mol. The van der Waals surface area contributed by atoms with E-state index in [1.54, 1.807) is 18.2 Å². The van der Waals surface area contributed by atoms with Gasteiger partial charge in [-0.15, -0.1) is 0 Å². The number of carbonyl (C=O) groups excluding carboxylic acids is 2. The van der Waals surface area contributed by atoms with E-state index in [-0.39, 0.29) is 25.1 Å². The van der Waals surface area contributed by atoms with Gasteiger partial charge in [0.2, 0.25) is 5.91 Å². The minimum absolute atomic E-state index is 0.0118. The highest BCUT2D eigenvalue weighted by atomic mass is 19.1. The first kappa shape index (κ1) is 17.3. The van der Waals surface area contributed by atoms with Crippen LogP contribution in [0.3, 0.4) is 0 Å². The molecular formula is C18H14FN5O2. The van der Waals surface area contributed by atoms with Gasteiger partial charge in [0.15, 0.2) is 0 Å². The molecule has 130 valence electrons. The van der Waals surface area contributed by atoms with Crippen LogP contribution in [0.1, 0.15) is 22.3 Å². The number of nitriles is 2. The Morgan fingerprint density at radius 2 is 2.15 bits per heavy atom. The number of halogens is 1. The Labute approximate surface area is 148 Å². The first-order valence-electron chi connectivity index (χ1n) is 7.94. The molecule has 0 aliphatic carbocycles. The van der Waals surface area contributed by atoms with E-state index < -0.39 is 24.0 Å². The molecule has 2 heterocycles. The van der Waals surface area contributed by atoms with Crippen molar-refractivity contribution in [3.63, 3.8) is 0 Å². The van der Waals surface area contributed by atoms with Gasteiger partial charge < -0.3 is 10.2 Å². The predicted octanol–water partition coefficient (Wildman–Crippen LogP) is 1.30. The van der Waals surface area contributed by atoms with E-state index in [1.807, 2.05) is 12.1 Å². The molecule has 2 amide bonds. The number of aromatic nitrogens is 1. The van der Waals surface area contributed by atoms with Crippen molar-refractivity contribution in [2.45, 2.75) is 18.6 Å². The zero-order valence-corrected chi connectivity index (χ0v) is 13.6. The summed E-state index contributed by atoms with van der Waals surface area (Å²) in [7, 11) is 0. The van der Waals surface area contributed by atoms with Crippen molar-refractivity contribution in [1.29, 1.82) is 10.5 Å². The number of hydrogen-bond donors (Lipinski definition) is 1.